The van der Waals surface area contributed by atoms with Gasteiger partial charge in [-0.1, -0.05) is 45.4 Å². The summed E-state index contributed by atoms with van der Waals surface area (Å²) in [6.07, 6.45) is -1.17. The molecule has 0 radical (unpaired) electrons. The third-order valence-corrected chi connectivity index (χ3v) is 7.89. The van der Waals surface area contributed by atoms with Gasteiger partial charge in [-0.05, 0) is 12.2 Å². The van der Waals surface area contributed by atoms with E-state index in [0.717, 1.165) is 18.6 Å². The fraction of sp³-hybridized carbons (Fsp3) is 1.00. The molecule has 7 N–H and O–H groups in total. The van der Waals surface area contributed by atoms with E-state index in [1.165, 1.54) is 43.9 Å². The Labute approximate surface area is 206 Å². The van der Waals surface area contributed by atoms with Crippen molar-refractivity contribution in [3.05, 3.63) is 0 Å². The fourth-order valence-electron chi connectivity index (χ4n) is 4.41. The van der Waals surface area contributed by atoms with Gasteiger partial charge in [0, 0.05) is 5.92 Å². The van der Waals surface area contributed by atoms with Crippen LogP contribution in [0.25, 0.3) is 0 Å². The molecule has 10 atom stereocenters. The minimum atomic E-state index is -1.50. The van der Waals surface area contributed by atoms with Crippen LogP contribution in [0, 0.1) is 5.92 Å². The Morgan fingerprint density at radius 1 is 0.647 bits per heavy atom. The van der Waals surface area contributed by atoms with Crippen molar-refractivity contribution in [3.63, 3.8) is 0 Å². The van der Waals surface area contributed by atoms with E-state index >= 15 is 0 Å². The first kappa shape index (κ1) is 30.2. The molecule has 6 unspecified atom stereocenters. The molecule has 34 heavy (non-hydrogen) atoms. The molecule has 0 spiro atoms. The van der Waals surface area contributed by atoms with Crippen LogP contribution in [-0.2, 0) is 14.2 Å². The fourth-order valence-corrected chi connectivity index (χ4v) is 5.59. The Bertz CT molecular complexity index is 540. The van der Waals surface area contributed by atoms with Crippen molar-refractivity contribution < 1.29 is 50.0 Å². The van der Waals surface area contributed by atoms with E-state index in [1.54, 1.807) is 0 Å². The predicted octanol–water partition coefficient (Wildman–Crippen LogP) is -0.616. The number of aliphatic hydroxyl groups is 7. The van der Waals surface area contributed by atoms with Crippen molar-refractivity contribution in [1.82, 2.24) is 0 Å². The number of thioether (sulfide) groups is 1. The van der Waals surface area contributed by atoms with Crippen molar-refractivity contribution in [2.45, 2.75) is 106 Å². The third-order valence-electron chi connectivity index (χ3n) is 6.65. The van der Waals surface area contributed by atoms with Crippen molar-refractivity contribution >= 4 is 11.8 Å². The van der Waals surface area contributed by atoms with E-state index in [-0.39, 0.29) is 19.8 Å². The molecule has 0 amide bonds. The molecule has 2 aliphatic rings. The summed E-state index contributed by atoms with van der Waals surface area (Å²) < 4.78 is 16.8. The van der Waals surface area contributed by atoms with Gasteiger partial charge in [0.2, 0.25) is 0 Å². The van der Waals surface area contributed by atoms with Crippen molar-refractivity contribution in [1.29, 1.82) is 0 Å². The number of hydrogen-bond donors (Lipinski definition) is 7. The van der Waals surface area contributed by atoms with Gasteiger partial charge in [-0.15, -0.1) is 11.8 Å². The number of ether oxygens (including phenoxy) is 3. The molecule has 2 saturated heterocycles. The van der Waals surface area contributed by atoms with Gasteiger partial charge in [0.1, 0.15) is 42.1 Å². The number of aliphatic hydroxyl groups excluding tert-OH is 7. The Balaban J connectivity index is 1.76. The second-order valence-corrected chi connectivity index (χ2v) is 10.5. The average Bonchev–Trinajstić information content (AvgIpc) is 2.84. The van der Waals surface area contributed by atoms with E-state index in [0.29, 0.717) is 0 Å². The van der Waals surface area contributed by atoms with E-state index in [2.05, 4.69) is 6.92 Å². The second kappa shape index (κ2) is 15.9. The number of hydrogen-bond acceptors (Lipinski definition) is 11. The van der Waals surface area contributed by atoms with Gasteiger partial charge >= 0.3 is 0 Å². The quantitative estimate of drug-likeness (QED) is 0.140. The molecule has 2 heterocycles. The summed E-state index contributed by atoms with van der Waals surface area (Å²) in [5.74, 6) is 0.0823. The van der Waals surface area contributed by atoms with Gasteiger partial charge in [0.25, 0.3) is 0 Å². The smallest absolute Gasteiger partial charge is 0.132 e. The highest BCUT2D eigenvalue weighted by molar-refractivity contribution is 7.99. The summed E-state index contributed by atoms with van der Waals surface area (Å²) in [5.41, 5.74) is -0.645. The van der Waals surface area contributed by atoms with E-state index < -0.39 is 66.8 Å². The molecule has 11 heteroatoms. The third kappa shape index (κ3) is 8.52. The molecule has 0 saturated carbocycles. The molecule has 0 aromatic heterocycles. The first-order chi connectivity index (χ1) is 16.3. The normalized spacial score (nSPS) is 38.8. The van der Waals surface area contributed by atoms with Crippen LogP contribution in [0.2, 0.25) is 0 Å². The van der Waals surface area contributed by atoms with Gasteiger partial charge in [-0.3, -0.25) is 0 Å². The zero-order chi connectivity index (χ0) is 25.1. The minimum Gasteiger partial charge on any atom is -0.394 e. The van der Waals surface area contributed by atoms with Gasteiger partial charge in [-0.25, -0.2) is 0 Å². The van der Waals surface area contributed by atoms with Gasteiger partial charge in [0.05, 0.1) is 38.6 Å². The molecular weight excluding hydrogens is 468 g/mol. The predicted molar refractivity (Wildman–Crippen MR) is 126 cm³/mol. The Morgan fingerprint density at radius 3 is 1.91 bits per heavy atom. The van der Waals surface area contributed by atoms with Crippen LogP contribution >= 0.6 is 11.8 Å². The summed E-state index contributed by atoms with van der Waals surface area (Å²) in [5, 5.41) is 70.1. The highest BCUT2D eigenvalue weighted by atomic mass is 32.2. The second-order valence-electron chi connectivity index (χ2n) is 9.27. The van der Waals surface area contributed by atoms with Crippen molar-refractivity contribution in [2.24, 2.45) is 5.92 Å². The van der Waals surface area contributed by atoms with E-state index in [9.17, 15) is 35.7 Å². The zero-order valence-corrected chi connectivity index (χ0v) is 20.8. The highest BCUT2D eigenvalue weighted by Crippen LogP contribution is 2.33. The summed E-state index contributed by atoms with van der Waals surface area (Å²) in [6, 6.07) is 0. The lowest BCUT2D eigenvalue weighted by Gasteiger charge is -2.43. The van der Waals surface area contributed by atoms with Crippen molar-refractivity contribution in [3.8, 4) is 0 Å². The van der Waals surface area contributed by atoms with Gasteiger partial charge in [0.15, 0.2) is 0 Å². The monoisotopic (exact) mass is 512 g/mol. The van der Waals surface area contributed by atoms with Crippen LogP contribution in [0.5, 0.6) is 0 Å². The first-order valence-electron chi connectivity index (χ1n) is 12.5. The summed E-state index contributed by atoms with van der Waals surface area (Å²) in [7, 11) is 0. The Hall–Kier alpha value is -0.0500. The summed E-state index contributed by atoms with van der Waals surface area (Å²) in [4.78, 5) is 0. The van der Waals surface area contributed by atoms with Gasteiger partial charge in [-0.2, -0.15) is 0 Å². The SMILES string of the molecule is CCCCCCCCCS[C@@H]1OC(CO)[C@@H](COC[C@H]2OC(CO)[C@@H](O)C(O)C2O)C(O)C1O. The maximum Gasteiger partial charge on any atom is 0.132 e. The lowest BCUT2D eigenvalue weighted by atomic mass is 9.90. The van der Waals surface area contributed by atoms with Crippen LogP contribution < -0.4 is 0 Å². The first-order valence-corrected chi connectivity index (χ1v) is 13.5. The molecule has 2 rings (SSSR count). The van der Waals surface area contributed by atoms with E-state index in [1.807, 2.05) is 0 Å². The highest BCUT2D eigenvalue weighted by Gasteiger charge is 2.46. The lowest BCUT2D eigenvalue weighted by molar-refractivity contribution is -0.243. The standard InChI is InChI=1S/C23H44O10S/c1-2-3-4-5-6-7-8-9-34-23-22(30)18(26)14(15(10-24)33-23)12-31-13-17-20(28)21(29)19(27)16(11-25)32-17/h14-30H,2-13H2,1H3/t14-,15?,16?,17-,18?,19-,20?,21?,22?,23+/m1/s1. The van der Waals surface area contributed by atoms with Gasteiger partial charge < -0.3 is 50.0 Å². The molecule has 0 aromatic carbocycles. The van der Waals surface area contributed by atoms with Crippen LogP contribution in [0.1, 0.15) is 51.9 Å². The molecule has 0 bridgehead atoms. The topological polar surface area (TPSA) is 169 Å². The Morgan fingerprint density at radius 2 is 1.26 bits per heavy atom. The molecule has 202 valence electrons. The van der Waals surface area contributed by atoms with Crippen LogP contribution in [0.4, 0.5) is 0 Å². The molecule has 2 fully saturated rings. The van der Waals surface area contributed by atoms with E-state index in [4.69, 9.17) is 14.2 Å². The number of rotatable bonds is 15. The van der Waals surface area contributed by atoms with Crippen molar-refractivity contribution in [2.75, 3.05) is 32.2 Å². The molecular formula is C23H44O10S. The van der Waals surface area contributed by atoms with Crippen LogP contribution in [0.15, 0.2) is 0 Å². The number of unbranched alkanes of at least 4 members (excludes halogenated alkanes) is 6. The molecule has 0 aliphatic carbocycles. The summed E-state index contributed by atoms with van der Waals surface area (Å²) in [6.45, 7) is 1.03. The molecule has 2 aliphatic heterocycles. The summed E-state index contributed by atoms with van der Waals surface area (Å²) >= 11 is 1.44. The van der Waals surface area contributed by atoms with Crippen LogP contribution in [0.3, 0.4) is 0 Å². The zero-order valence-electron chi connectivity index (χ0n) is 20.0. The maximum atomic E-state index is 10.7. The average molecular weight is 513 g/mol. The lowest BCUT2D eigenvalue weighted by Crippen LogP contribution is -2.60. The molecule has 0 aromatic rings. The Kier molecular flexibility index (Phi) is 14.1. The molecule has 10 nitrogen and oxygen atoms in total. The minimum absolute atomic E-state index is 0.0897. The maximum absolute atomic E-state index is 10.7. The van der Waals surface area contributed by atoms with Crippen LogP contribution in [-0.4, -0.2) is 122 Å². The largest absolute Gasteiger partial charge is 0.394 e.